The third-order valence-electron chi connectivity index (χ3n) is 17.7. The van der Waals surface area contributed by atoms with Gasteiger partial charge in [0.2, 0.25) is 0 Å². The molecule has 1 spiro atoms. The summed E-state index contributed by atoms with van der Waals surface area (Å²) in [4.78, 5) is 2.43. The molecule has 1 atom stereocenters. The molecule has 13 aromatic carbocycles. The van der Waals surface area contributed by atoms with E-state index < -0.39 is 5.41 Å². The van der Waals surface area contributed by atoms with Crippen molar-refractivity contribution >= 4 is 60.7 Å². The smallest absolute Gasteiger partial charge is 0.0754 e. The van der Waals surface area contributed by atoms with Crippen LogP contribution in [0.5, 0.6) is 0 Å². The Bertz CT molecular complexity index is 4970. The summed E-state index contributed by atoms with van der Waals surface area (Å²) >= 11 is 0. The molecule has 0 saturated heterocycles. The van der Waals surface area contributed by atoms with Crippen molar-refractivity contribution in [2.24, 2.45) is 0 Å². The van der Waals surface area contributed by atoms with Gasteiger partial charge in [-0.25, -0.2) is 0 Å². The van der Waals surface area contributed by atoms with Crippen molar-refractivity contribution in [1.82, 2.24) is 9.13 Å². The minimum atomic E-state index is -0.527. The van der Waals surface area contributed by atoms with E-state index in [0.29, 0.717) is 0 Å². The maximum atomic E-state index is 2.52. The van der Waals surface area contributed by atoms with Gasteiger partial charge in [-0.3, -0.25) is 0 Å². The summed E-state index contributed by atoms with van der Waals surface area (Å²) < 4.78 is 4.90. The van der Waals surface area contributed by atoms with E-state index in [9.17, 15) is 0 Å². The topological polar surface area (TPSA) is 13.1 Å². The molecule has 0 amide bonds. The highest BCUT2D eigenvalue weighted by atomic mass is 15.1. The van der Waals surface area contributed by atoms with Crippen LogP contribution in [0, 0.1) is 0 Å². The van der Waals surface area contributed by atoms with Gasteiger partial charge in [-0.2, -0.15) is 0 Å². The second kappa shape index (κ2) is 18.2. The minimum absolute atomic E-state index is 0.527. The Hall–Kier alpha value is -10.7. The van der Waals surface area contributed by atoms with Crippen LogP contribution < -0.4 is 4.90 Å². The standard InChI is InChI=1S/C79H51N3/c1-2-19-52(20-3-1)56-21-16-22-57(51-56)61-23-5-11-34-72(61)80(58-45-39-53(40-46-58)54-41-47-60(48-42-54)81-73-35-12-6-24-63(73)64-25-7-13-36-74(64)81)59-49-43-55(44-50-59)62-28-17-32-70-77(62)67-27-4-9-30-68(67)79(70)69-31-10-15-38-76(69)82-75-37-14-8-26-65(75)66-29-18-33-71(79)78(66)82/h1-51H. The summed E-state index contributed by atoms with van der Waals surface area (Å²) in [5, 5.41) is 5.09. The molecule has 2 aromatic heterocycles. The molecule has 3 heterocycles. The van der Waals surface area contributed by atoms with Crippen LogP contribution in [0.3, 0.4) is 0 Å². The van der Waals surface area contributed by atoms with Crippen molar-refractivity contribution in [3.63, 3.8) is 0 Å². The molecule has 382 valence electrons. The lowest BCUT2D eigenvalue weighted by molar-refractivity contribution is 0.748. The molecule has 1 aliphatic heterocycles. The molecule has 2 aliphatic rings. The van der Waals surface area contributed by atoms with Crippen LogP contribution >= 0.6 is 0 Å². The van der Waals surface area contributed by atoms with Crippen LogP contribution in [0.15, 0.2) is 309 Å². The fourth-order valence-electron chi connectivity index (χ4n) is 14.3. The molecule has 0 bridgehead atoms. The first-order valence-electron chi connectivity index (χ1n) is 28.4. The fourth-order valence-corrected chi connectivity index (χ4v) is 14.3. The molecular weight excluding hydrogens is 991 g/mol. The number of hydrogen-bond donors (Lipinski definition) is 0. The first kappa shape index (κ1) is 46.2. The number of benzene rings is 13. The minimum Gasteiger partial charge on any atom is -0.310 e. The van der Waals surface area contributed by atoms with Crippen LogP contribution in [0.1, 0.15) is 22.3 Å². The highest BCUT2D eigenvalue weighted by molar-refractivity contribution is 6.13. The van der Waals surface area contributed by atoms with Gasteiger partial charge in [0, 0.05) is 44.2 Å². The zero-order chi connectivity index (χ0) is 53.9. The van der Waals surface area contributed by atoms with Crippen molar-refractivity contribution < 1.29 is 0 Å². The molecule has 1 unspecified atom stereocenters. The summed E-state index contributed by atoms with van der Waals surface area (Å²) in [5.74, 6) is 0. The summed E-state index contributed by atoms with van der Waals surface area (Å²) in [6, 6.07) is 115. The number of para-hydroxylation sites is 6. The number of hydrogen-bond acceptors (Lipinski definition) is 1. The normalized spacial score (nSPS) is 13.9. The molecule has 0 radical (unpaired) electrons. The Morgan fingerprint density at radius 1 is 0.268 bits per heavy atom. The predicted molar refractivity (Wildman–Crippen MR) is 342 cm³/mol. The lowest BCUT2D eigenvalue weighted by Gasteiger charge is -2.39. The third kappa shape index (κ3) is 6.71. The molecular formula is C79H51N3. The maximum absolute atomic E-state index is 2.52. The molecule has 1 aliphatic carbocycles. The van der Waals surface area contributed by atoms with E-state index >= 15 is 0 Å². The zero-order valence-electron chi connectivity index (χ0n) is 44.8. The Morgan fingerprint density at radius 3 is 1.45 bits per heavy atom. The van der Waals surface area contributed by atoms with Crippen molar-refractivity contribution in [3.05, 3.63) is 332 Å². The molecule has 3 heteroatoms. The van der Waals surface area contributed by atoms with E-state index in [0.717, 1.165) is 39.4 Å². The molecule has 17 rings (SSSR count). The number of fused-ring (bicyclic) bond motifs is 15. The Kier molecular flexibility index (Phi) is 10.2. The van der Waals surface area contributed by atoms with Gasteiger partial charge < -0.3 is 14.0 Å². The SMILES string of the molecule is c1ccc(-c2cccc(-c3ccccc3N(c3ccc(-c4ccc(-n5c6ccccc6c6ccccc65)cc4)cc3)c3ccc(-c4cccc5c4-c4ccccc4C54c5ccccc5-n5c6ccccc6c6cccc4c65)cc3)c2)cc1. The zero-order valence-corrected chi connectivity index (χ0v) is 44.8. The van der Waals surface area contributed by atoms with Crippen molar-refractivity contribution in [2.75, 3.05) is 4.90 Å². The van der Waals surface area contributed by atoms with Crippen molar-refractivity contribution in [3.8, 4) is 67.0 Å². The number of anilines is 3. The van der Waals surface area contributed by atoms with Crippen LogP contribution in [-0.2, 0) is 5.41 Å². The van der Waals surface area contributed by atoms with E-state index in [1.807, 2.05) is 0 Å². The Labute approximate surface area is 476 Å². The van der Waals surface area contributed by atoms with Gasteiger partial charge in [-0.05, 0) is 145 Å². The van der Waals surface area contributed by atoms with Crippen LogP contribution in [0.25, 0.3) is 111 Å². The van der Waals surface area contributed by atoms with Gasteiger partial charge >= 0.3 is 0 Å². The average Bonchev–Trinajstić information content (AvgIpc) is 1.62. The van der Waals surface area contributed by atoms with Gasteiger partial charge in [0.15, 0.2) is 0 Å². The summed E-state index contributed by atoms with van der Waals surface area (Å²) in [6.45, 7) is 0. The monoisotopic (exact) mass is 1040 g/mol. The van der Waals surface area contributed by atoms with E-state index in [1.165, 1.54) is 110 Å². The van der Waals surface area contributed by atoms with Crippen LogP contribution in [0.2, 0.25) is 0 Å². The third-order valence-corrected chi connectivity index (χ3v) is 17.7. The average molecular weight is 1040 g/mol. The summed E-state index contributed by atoms with van der Waals surface area (Å²) in [6.07, 6.45) is 0. The first-order chi connectivity index (χ1) is 40.7. The van der Waals surface area contributed by atoms with E-state index in [-0.39, 0.29) is 0 Å². The molecule has 82 heavy (non-hydrogen) atoms. The lowest BCUT2D eigenvalue weighted by Crippen LogP contribution is -2.33. The van der Waals surface area contributed by atoms with E-state index in [2.05, 4.69) is 323 Å². The van der Waals surface area contributed by atoms with Gasteiger partial charge in [0.05, 0.1) is 38.9 Å². The second-order valence-electron chi connectivity index (χ2n) is 21.9. The number of nitrogens with zero attached hydrogens (tertiary/aromatic N) is 3. The maximum Gasteiger partial charge on any atom is 0.0754 e. The van der Waals surface area contributed by atoms with Crippen LogP contribution in [-0.4, -0.2) is 9.13 Å². The lowest BCUT2D eigenvalue weighted by atomic mass is 9.65. The van der Waals surface area contributed by atoms with Gasteiger partial charge in [-0.1, -0.05) is 237 Å². The summed E-state index contributed by atoms with van der Waals surface area (Å²) in [5.41, 5.74) is 27.3. The summed E-state index contributed by atoms with van der Waals surface area (Å²) in [7, 11) is 0. The number of aromatic nitrogens is 2. The quantitative estimate of drug-likeness (QED) is 0.148. The highest BCUT2D eigenvalue weighted by Gasteiger charge is 2.51. The Balaban J connectivity index is 0.795. The first-order valence-corrected chi connectivity index (χ1v) is 28.4. The molecule has 0 saturated carbocycles. The van der Waals surface area contributed by atoms with Gasteiger partial charge in [0.1, 0.15) is 0 Å². The van der Waals surface area contributed by atoms with E-state index in [4.69, 9.17) is 0 Å². The fraction of sp³-hybridized carbons (Fsp3) is 0.0127. The van der Waals surface area contributed by atoms with Crippen molar-refractivity contribution in [2.45, 2.75) is 5.41 Å². The largest absolute Gasteiger partial charge is 0.310 e. The molecule has 0 fully saturated rings. The molecule has 3 nitrogen and oxygen atoms in total. The Morgan fingerprint density at radius 2 is 0.732 bits per heavy atom. The second-order valence-corrected chi connectivity index (χ2v) is 21.9. The van der Waals surface area contributed by atoms with Gasteiger partial charge in [-0.15, -0.1) is 0 Å². The van der Waals surface area contributed by atoms with Crippen molar-refractivity contribution in [1.29, 1.82) is 0 Å². The van der Waals surface area contributed by atoms with E-state index in [1.54, 1.807) is 0 Å². The van der Waals surface area contributed by atoms with Gasteiger partial charge in [0.25, 0.3) is 0 Å². The highest BCUT2D eigenvalue weighted by Crippen LogP contribution is 2.62. The molecule has 15 aromatic rings. The number of rotatable bonds is 8. The van der Waals surface area contributed by atoms with Crippen LogP contribution in [0.4, 0.5) is 17.1 Å². The predicted octanol–water partition coefficient (Wildman–Crippen LogP) is 20.7. The molecule has 0 N–H and O–H groups in total.